The number of alkyl halides is 2. The van der Waals surface area contributed by atoms with Crippen LogP contribution in [0.15, 0.2) is 24.3 Å². The molecule has 1 aromatic rings. The first-order chi connectivity index (χ1) is 9.66. The average Bonchev–Trinajstić information content (AvgIpc) is 2.91. The maximum absolute atomic E-state index is 12.3. The van der Waals surface area contributed by atoms with Crippen molar-refractivity contribution in [1.82, 2.24) is 0 Å². The van der Waals surface area contributed by atoms with E-state index in [4.69, 9.17) is 4.74 Å². The van der Waals surface area contributed by atoms with Gasteiger partial charge in [0, 0.05) is 12.2 Å². The van der Waals surface area contributed by atoms with Crippen LogP contribution in [0.1, 0.15) is 43.8 Å². The second-order valence-electron chi connectivity index (χ2n) is 5.00. The molecule has 1 saturated heterocycles. The summed E-state index contributed by atoms with van der Waals surface area (Å²) in [5, 5.41) is 10.1. The van der Waals surface area contributed by atoms with Gasteiger partial charge >= 0.3 is 6.61 Å². The molecule has 1 heterocycles. The molecular weight excluding hydrogens is 266 g/mol. The molecule has 1 N–H and O–H groups in total. The van der Waals surface area contributed by atoms with Crippen LogP contribution in [0.5, 0.6) is 5.75 Å². The Labute approximate surface area is 117 Å². The number of ether oxygens (including phenoxy) is 2. The van der Waals surface area contributed by atoms with Crippen molar-refractivity contribution in [3.05, 3.63) is 29.8 Å². The Morgan fingerprint density at radius 3 is 2.85 bits per heavy atom. The van der Waals surface area contributed by atoms with E-state index in [-0.39, 0.29) is 11.9 Å². The number of hydrogen-bond acceptors (Lipinski definition) is 3. The highest BCUT2D eigenvalue weighted by Crippen LogP contribution is 2.30. The van der Waals surface area contributed by atoms with Gasteiger partial charge in [-0.15, -0.1) is 0 Å². The highest BCUT2D eigenvalue weighted by molar-refractivity contribution is 5.35. The van der Waals surface area contributed by atoms with Gasteiger partial charge in [0.05, 0.1) is 12.2 Å². The summed E-state index contributed by atoms with van der Waals surface area (Å²) in [6.45, 7) is -2.06. The summed E-state index contributed by atoms with van der Waals surface area (Å²) in [6, 6.07) is 6.39. The molecule has 2 rings (SSSR count). The van der Waals surface area contributed by atoms with E-state index in [1.165, 1.54) is 6.07 Å². The van der Waals surface area contributed by atoms with E-state index in [9.17, 15) is 13.9 Å². The summed E-state index contributed by atoms with van der Waals surface area (Å²) in [5.74, 6) is 0.0483. The van der Waals surface area contributed by atoms with Gasteiger partial charge < -0.3 is 14.6 Å². The highest BCUT2D eigenvalue weighted by atomic mass is 19.3. The molecule has 0 amide bonds. The lowest BCUT2D eigenvalue weighted by atomic mass is 10.0. The third-order valence-electron chi connectivity index (χ3n) is 3.52. The second kappa shape index (κ2) is 7.55. The Balaban J connectivity index is 1.85. The number of rotatable bonds is 7. The van der Waals surface area contributed by atoms with E-state index in [0.717, 1.165) is 32.3 Å². The predicted molar refractivity (Wildman–Crippen MR) is 70.9 cm³/mol. The van der Waals surface area contributed by atoms with Crippen molar-refractivity contribution in [2.45, 2.75) is 50.9 Å². The standard InChI is InChI=1S/C15H20F2O3/c16-15(17)20-14-9-2-1-7-12(14)13(18)8-3-5-11-6-4-10-19-11/h1-2,7,9,11,13,15,18H,3-6,8,10H2. The molecule has 0 radical (unpaired) electrons. The zero-order chi connectivity index (χ0) is 14.4. The van der Waals surface area contributed by atoms with E-state index >= 15 is 0 Å². The van der Waals surface area contributed by atoms with Crippen LogP contribution in [0.2, 0.25) is 0 Å². The fourth-order valence-corrected chi connectivity index (χ4v) is 2.53. The van der Waals surface area contributed by atoms with Gasteiger partial charge in [-0.2, -0.15) is 8.78 Å². The molecule has 1 aliphatic heterocycles. The fourth-order valence-electron chi connectivity index (χ4n) is 2.53. The molecule has 0 bridgehead atoms. The van der Waals surface area contributed by atoms with Crippen molar-refractivity contribution in [3.8, 4) is 5.75 Å². The molecule has 1 aromatic carbocycles. The van der Waals surface area contributed by atoms with Crippen molar-refractivity contribution in [3.63, 3.8) is 0 Å². The lowest BCUT2D eigenvalue weighted by Crippen LogP contribution is -2.08. The first-order valence-corrected chi connectivity index (χ1v) is 7.00. The smallest absolute Gasteiger partial charge is 0.387 e. The third-order valence-corrected chi connectivity index (χ3v) is 3.52. The Morgan fingerprint density at radius 2 is 2.15 bits per heavy atom. The van der Waals surface area contributed by atoms with E-state index in [1.807, 2.05) is 0 Å². The summed E-state index contributed by atoms with van der Waals surface area (Å²) in [7, 11) is 0. The number of halogens is 2. The van der Waals surface area contributed by atoms with Crippen LogP contribution in [-0.2, 0) is 4.74 Å². The predicted octanol–water partition coefficient (Wildman–Crippen LogP) is 3.67. The molecule has 20 heavy (non-hydrogen) atoms. The molecule has 112 valence electrons. The maximum Gasteiger partial charge on any atom is 0.387 e. The Bertz CT molecular complexity index is 406. The zero-order valence-corrected chi connectivity index (χ0v) is 11.3. The highest BCUT2D eigenvalue weighted by Gasteiger charge is 2.18. The van der Waals surface area contributed by atoms with Gasteiger partial charge in [-0.3, -0.25) is 0 Å². The van der Waals surface area contributed by atoms with E-state index in [0.29, 0.717) is 12.0 Å². The van der Waals surface area contributed by atoms with Gasteiger partial charge in [-0.1, -0.05) is 18.2 Å². The SMILES string of the molecule is OC(CCCC1CCCO1)c1ccccc1OC(F)F. The van der Waals surface area contributed by atoms with Crippen molar-refractivity contribution < 1.29 is 23.4 Å². The van der Waals surface area contributed by atoms with Gasteiger partial charge in [0.15, 0.2) is 0 Å². The first kappa shape index (κ1) is 15.2. The summed E-state index contributed by atoms with van der Waals surface area (Å²) < 4.78 is 34.5. The number of aliphatic hydroxyl groups is 1. The zero-order valence-electron chi connectivity index (χ0n) is 11.3. The molecule has 5 heteroatoms. The third kappa shape index (κ3) is 4.42. The van der Waals surface area contributed by atoms with Crippen LogP contribution in [0.3, 0.4) is 0 Å². The van der Waals surface area contributed by atoms with Gasteiger partial charge in [0.25, 0.3) is 0 Å². The Kier molecular flexibility index (Phi) is 5.73. The quantitative estimate of drug-likeness (QED) is 0.831. The van der Waals surface area contributed by atoms with Gasteiger partial charge in [-0.05, 0) is 38.2 Å². The second-order valence-corrected chi connectivity index (χ2v) is 5.00. The summed E-state index contributed by atoms with van der Waals surface area (Å²) in [5.41, 5.74) is 0.417. The summed E-state index contributed by atoms with van der Waals surface area (Å²) in [6.07, 6.45) is 3.88. The maximum atomic E-state index is 12.3. The molecule has 1 fully saturated rings. The Hall–Kier alpha value is -1.20. The van der Waals surface area contributed by atoms with Crippen LogP contribution in [0, 0.1) is 0 Å². The lowest BCUT2D eigenvalue weighted by molar-refractivity contribution is -0.0516. The topological polar surface area (TPSA) is 38.7 Å². The van der Waals surface area contributed by atoms with E-state index in [2.05, 4.69) is 4.74 Å². The van der Waals surface area contributed by atoms with Crippen molar-refractivity contribution in [2.24, 2.45) is 0 Å². The molecule has 0 saturated carbocycles. The van der Waals surface area contributed by atoms with Crippen LogP contribution >= 0.6 is 0 Å². The monoisotopic (exact) mass is 286 g/mol. The van der Waals surface area contributed by atoms with E-state index < -0.39 is 12.7 Å². The normalized spacial score (nSPS) is 20.3. The number of para-hydroxylation sites is 1. The largest absolute Gasteiger partial charge is 0.434 e. The van der Waals surface area contributed by atoms with Gasteiger partial charge in [0.1, 0.15) is 5.75 Å². The average molecular weight is 286 g/mol. The van der Waals surface area contributed by atoms with Gasteiger partial charge in [0.2, 0.25) is 0 Å². The number of hydrogen-bond donors (Lipinski definition) is 1. The fraction of sp³-hybridized carbons (Fsp3) is 0.600. The molecule has 0 aliphatic carbocycles. The number of aliphatic hydroxyl groups excluding tert-OH is 1. The first-order valence-electron chi connectivity index (χ1n) is 7.00. The van der Waals surface area contributed by atoms with Crippen LogP contribution in [-0.4, -0.2) is 24.4 Å². The minimum Gasteiger partial charge on any atom is -0.434 e. The van der Waals surface area contributed by atoms with Gasteiger partial charge in [-0.25, -0.2) is 0 Å². The molecular formula is C15H20F2O3. The van der Waals surface area contributed by atoms with E-state index in [1.54, 1.807) is 18.2 Å². The van der Waals surface area contributed by atoms with Crippen LogP contribution in [0.25, 0.3) is 0 Å². The summed E-state index contributed by atoms with van der Waals surface area (Å²) >= 11 is 0. The molecule has 0 spiro atoms. The number of benzene rings is 1. The molecule has 2 unspecified atom stereocenters. The summed E-state index contributed by atoms with van der Waals surface area (Å²) in [4.78, 5) is 0. The van der Waals surface area contributed by atoms with Crippen molar-refractivity contribution in [1.29, 1.82) is 0 Å². The molecule has 3 nitrogen and oxygen atoms in total. The van der Waals surface area contributed by atoms with Crippen LogP contribution in [0.4, 0.5) is 8.78 Å². The minimum absolute atomic E-state index is 0.0483. The minimum atomic E-state index is -2.88. The molecule has 0 aromatic heterocycles. The molecule has 2 atom stereocenters. The van der Waals surface area contributed by atoms with Crippen molar-refractivity contribution in [2.75, 3.05) is 6.61 Å². The molecule has 1 aliphatic rings. The van der Waals surface area contributed by atoms with Crippen LogP contribution < -0.4 is 4.74 Å². The Morgan fingerprint density at radius 1 is 1.35 bits per heavy atom. The van der Waals surface area contributed by atoms with Crippen molar-refractivity contribution >= 4 is 0 Å². The lowest BCUT2D eigenvalue weighted by Gasteiger charge is -2.16.